The fourth-order valence-corrected chi connectivity index (χ4v) is 1.22. The van der Waals surface area contributed by atoms with Gasteiger partial charge in [0.25, 0.3) is 0 Å². The molecule has 0 aliphatic carbocycles. The molecule has 4 heteroatoms. The van der Waals surface area contributed by atoms with Crippen molar-refractivity contribution >= 4 is 0 Å². The first-order valence-corrected chi connectivity index (χ1v) is 4.28. The van der Waals surface area contributed by atoms with Gasteiger partial charge in [0, 0.05) is 23.0 Å². The first-order valence-electron chi connectivity index (χ1n) is 4.28. The SMILES string of the molecule is Cc1ccc(-c2nocc2CO)cn1. The molecular formula is C10H10N2O2. The molecule has 0 aliphatic heterocycles. The number of aliphatic hydroxyl groups excluding tert-OH is 1. The van der Waals surface area contributed by atoms with Crippen molar-refractivity contribution in [2.45, 2.75) is 13.5 Å². The summed E-state index contributed by atoms with van der Waals surface area (Å²) in [7, 11) is 0. The van der Waals surface area contributed by atoms with Crippen molar-refractivity contribution in [3.8, 4) is 11.3 Å². The first-order chi connectivity index (χ1) is 6.81. The van der Waals surface area contributed by atoms with Crippen molar-refractivity contribution in [3.63, 3.8) is 0 Å². The standard InChI is InChI=1S/C10H10N2O2/c1-7-2-3-8(4-11-7)10-9(5-13)6-14-12-10/h2-4,6,13H,5H2,1H3. The molecule has 72 valence electrons. The Morgan fingerprint density at radius 2 is 2.29 bits per heavy atom. The Kier molecular flexibility index (Phi) is 2.28. The van der Waals surface area contributed by atoms with E-state index in [1.165, 1.54) is 6.26 Å². The average molecular weight is 190 g/mol. The number of pyridine rings is 1. The van der Waals surface area contributed by atoms with Gasteiger partial charge in [-0.25, -0.2) is 0 Å². The Morgan fingerprint density at radius 3 is 2.93 bits per heavy atom. The molecule has 2 heterocycles. The van der Waals surface area contributed by atoms with Crippen LogP contribution in [0.2, 0.25) is 0 Å². The molecule has 0 unspecified atom stereocenters. The van der Waals surface area contributed by atoms with E-state index in [4.69, 9.17) is 9.63 Å². The highest BCUT2D eigenvalue weighted by Gasteiger charge is 2.08. The quantitative estimate of drug-likeness (QED) is 0.780. The molecule has 14 heavy (non-hydrogen) atoms. The average Bonchev–Trinajstić information content (AvgIpc) is 2.67. The summed E-state index contributed by atoms with van der Waals surface area (Å²) in [5.41, 5.74) is 3.13. The minimum absolute atomic E-state index is 0.0767. The molecule has 0 spiro atoms. The summed E-state index contributed by atoms with van der Waals surface area (Å²) in [4.78, 5) is 4.15. The van der Waals surface area contributed by atoms with E-state index in [1.807, 2.05) is 19.1 Å². The van der Waals surface area contributed by atoms with E-state index < -0.39 is 0 Å². The van der Waals surface area contributed by atoms with Crippen LogP contribution in [0.1, 0.15) is 11.3 Å². The van der Waals surface area contributed by atoms with E-state index in [9.17, 15) is 0 Å². The van der Waals surface area contributed by atoms with Crippen molar-refractivity contribution < 1.29 is 9.63 Å². The number of rotatable bonds is 2. The van der Waals surface area contributed by atoms with Gasteiger partial charge in [0.1, 0.15) is 12.0 Å². The molecule has 1 N–H and O–H groups in total. The van der Waals surface area contributed by atoms with Gasteiger partial charge < -0.3 is 9.63 Å². The molecule has 0 aliphatic rings. The van der Waals surface area contributed by atoms with Gasteiger partial charge in [-0.2, -0.15) is 0 Å². The molecule has 0 saturated carbocycles. The van der Waals surface area contributed by atoms with Gasteiger partial charge in [0.2, 0.25) is 0 Å². The van der Waals surface area contributed by atoms with E-state index in [-0.39, 0.29) is 6.61 Å². The summed E-state index contributed by atoms with van der Waals surface area (Å²) in [5.74, 6) is 0. The minimum Gasteiger partial charge on any atom is -0.391 e. The largest absolute Gasteiger partial charge is 0.391 e. The van der Waals surface area contributed by atoms with Gasteiger partial charge in [-0.15, -0.1) is 0 Å². The van der Waals surface area contributed by atoms with Gasteiger partial charge >= 0.3 is 0 Å². The highest BCUT2D eigenvalue weighted by Crippen LogP contribution is 2.21. The van der Waals surface area contributed by atoms with Gasteiger partial charge in [0.15, 0.2) is 0 Å². The van der Waals surface area contributed by atoms with E-state index >= 15 is 0 Å². The number of hydrogen-bond acceptors (Lipinski definition) is 4. The molecule has 0 aromatic carbocycles. The van der Waals surface area contributed by atoms with Crippen LogP contribution in [0, 0.1) is 6.92 Å². The van der Waals surface area contributed by atoms with Gasteiger partial charge in [0.05, 0.1) is 6.61 Å². The Morgan fingerprint density at radius 1 is 1.43 bits per heavy atom. The monoisotopic (exact) mass is 190 g/mol. The van der Waals surface area contributed by atoms with E-state index in [2.05, 4.69) is 10.1 Å². The lowest BCUT2D eigenvalue weighted by atomic mass is 10.1. The van der Waals surface area contributed by atoms with Crippen LogP contribution in [0.4, 0.5) is 0 Å². The van der Waals surface area contributed by atoms with Crippen LogP contribution in [-0.4, -0.2) is 15.2 Å². The second-order valence-electron chi connectivity index (χ2n) is 3.03. The van der Waals surface area contributed by atoms with E-state index in [0.29, 0.717) is 11.3 Å². The van der Waals surface area contributed by atoms with Crippen LogP contribution in [0.5, 0.6) is 0 Å². The maximum atomic E-state index is 9.00. The zero-order valence-corrected chi connectivity index (χ0v) is 7.77. The topological polar surface area (TPSA) is 59.2 Å². The molecule has 2 rings (SSSR count). The highest BCUT2D eigenvalue weighted by molar-refractivity contribution is 5.60. The Bertz CT molecular complexity index is 420. The maximum Gasteiger partial charge on any atom is 0.129 e. The van der Waals surface area contributed by atoms with Crippen LogP contribution < -0.4 is 0 Å². The summed E-state index contributed by atoms with van der Waals surface area (Å²) < 4.78 is 4.78. The van der Waals surface area contributed by atoms with Crippen molar-refractivity contribution in [2.75, 3.05) is 0 Å². The Labute approximate surface area is 81.2 Å². The van der Waals surface area contributed by atoms with Gasteiger partial charge in [-0.05, 0) is 19.1 Å². The number of aliphatic hydroxyl groups is 1. The van der Waals surface area contributed by atoms with Crippen molar-refractivity contribution in [2.24, 2.45) is 0 Å². The molecule has 2 aromatic rings. The third-order valence-corrected chi connectivity index (χ3v) is 2.00. The Balaban J connectivity index is 2.44. The van der Waals surface area contributed by atoms with Crippen LogP contribution in [0.15, 0.2) is 29.1 Å². The zero-order valence-electron chi connectivity index (χ0n) is 7.77. The van der Waals surface area contributed by atoms with Crippen LogP contribution in [-0.2, 0) is 6.61 Å². The molecule has 4 nitrogen and oxygen atoms in total. The summed E-state index contributed by atoms with van der Waals surface area (Å²) in [6.45, 7) is 1.84. The first kappa shape index (κ1) is 8.90. The normalized spacial score (nSPS) is 10.4. The molecule has 0 atom stereocenters. The van der Waals surface area contributed by atoms with Crippen molar-refractivity contribution in [1.29, 1.82) is 0 Å². The fraction of sp³-hybridized carbons (Fsp3) is 0.200. The maximum absolute atomic E-state index is 9.00. The van der Waals surface area contributed by atoms with Crippen molar-refractivity contribution in [3.05, 3.63) is 35.9 Å². The number of aryl methyl sites for hydroxylation is 1. The van der Waals surface area contributed by atoms with Gasteiger partial charge in [-0.3, -0.25) is 4.98 Å². The number of hydrogen-bond donors (Lipinski definition) is 1. The summed E-state index contributed by atoms with van der Waals surface area (Å²) in [6, 6.07) is 3.80. The lowest BCUT2D eigenvalue weighted by Gasteiger charge is -1.98. The predicted molar refractivity (Wildman–Crippen MR) is 50.4 cm³/mol. The predicted octanol–water partition coefficient (Wildman–Crippen LogP) is 1.54. The van der Waals surface area contributed by atoms with Crippen molar-refractivity contribution in [1.82, 2.24) is 10.1 Å². The molecular weight excluding hydrogens is 180 g/mol. The highest BCUT2D eigenvalue weighted by atomic mass is 16.5. The summed E-state index contributed by atoms with van der Waals surface area (Å²) in [6.07, 6.45) is 3.15. The molecule has 0 saturated heterocycles. The Hall–Kier alpha value is -1.68. The number of nitrogens with zero attached hydrogens (tertiary/aromatic N) is 2. The van der Waals surface area contributed by atoms with E-state index in [0.717, 1.165) is 11.3 Å². The van der Waals surface area contributed by atoms with E-state index in [1.54, 1.807) is 6.20 Å². The summed E-state index contributed by atoms with van der Waals surface area (Å²) in [5, 5.41) is 12.8. The molecule has 0 radical (unpaired) electrons. The second-order valence-corrected chi connectivity index (χ2v) is 3.03. The lowest BCUT2D eigenvalue weighted by molar-refractivity contribution is 0.280. The molecule has 0 amide bonds. The van der Waals surface area contributed by atoms with Gasteiger partial charge in [-0.1, -0.05) is 5.16 Å². The van der Waals surface area contributed by atoms with Crippen LogP contribution in [0.3, 0.4) is 0 Å². The summed E-state index contributed by atoms with van der Waals surface area (Å²) >= 11 is 0. The second kappa shape index (κ2) is 3.59. The molecule has 0 fully saturated rings. The number of aromatic nitrogens is 2. The lowest BCUT2D eigenvalue weighted by Crippen LogP contribution is -1.87. The van der Waals surface area contributed by atoms with Crippen LogP contribution in [0.25, 0.3) is 11.3 Å². The minimum atomic E-state index is -0.0767. The third kappa shape index (κ3) is 1.52. The fourth-order valence-electron chi connectivity index (χ4n) is 1.22. The zero-order chi connectivity index (χ0) is 9.97. The van der Waals surface area contributed by atoms with Crippen LogP contribution >= 0.6 is 0 Å². The molecule has 2 aromatic heterocycles. The molecule has 0 bridgehead atoms. The third-order valence-electron chi connectivity index (χ3n) is 2.00. The smallest absolute Gasteiger partial charge is 0.129 e.